The topological polar surface area (TPSA) is 55.1 Å². The van der Waals surface area contributed by atoms with Crippen molar-refractivity contribution in [1.29, 1.82) is 0 Å². The van der Waals surface area contributed by atoms with E-state index < -0.39 is 29.3 Å². The van der Waals surface area contributed by atoms with E-state index in [2.05, 4.69) is 5.32 Å². The minimum Gasteiger partial charge on any atom is -0.320 e. The first kappa shape index (κ1) is 12.6. The van der Waals surface area contributed by atoms with Crippen LogP contribution in [0.5, 0.6) is 0 Å². The van der Waals surface area contributed by atoms with Crippen molar-refractivity contribution in [2.75, 3.05) is 5.32 Å². The molecule has 0 bridgehead atoms. The number of anilines is 1. The summed E-state index contributed by atoms with van der Waals surface area (Å²) in [6.07, 6.45) is 1.20. The second-order valence-corrected chi connectivity index (χ2v) is 3.48. The number of amides is 1. The fraction of sp³-hybridized carbons (Fsp3) is 0.364. The predicted molar refractivity (Wildman–Crippen MR) is 57.9 cm³/mol. The molecule has 88 valence electrons. The van der Waals surface area contributed by atoms with Gasteiger partial charge in [0.2, 0.25) is 5.91 Å². The summed E-state index contributed by atoms with van der Waals surface area (Å²) in [5.41, 5.74) is 5.07. The van der Waals surface area contributed by atoms with Gasteiger partial charge in [0.1, 0.15) is 17.3 Å². The van der Waals surface area contributed by atoms with Gasteiger partial charge in [-0.3, -0.25) is 4.79 Å². The van der Waals surface area contributed by atoms with Crippen LogP contribution in [0.1, 0.15) is 19.8 Å². The first-order chi connectivity index (χ1) is 7.56. The molecule has 1 atom stereocenters. The summed E-state index contributed by atoms with van der Waals surface area (Å²) in [4.78, 5) is 11.4. The Bertz CT molecular complexity index is 362. The maximum absolute atomic E-state index is 13.2. The van der Waals surface area contributed by atoms with Gasteiger partial charge in [0, 0.05) is 0 Å². The Labute approximate surface area is 92.6 Å². The molecule has 0 aliphatic carbocycles. The molecule has 5 heteroatoms. The number of nitrogens with two attached hydrogens (primary N) is 1. The van der Waals surface area contributed by atoms with Gasteiger partial charge in [0.15, 0.2) is 0 Å². The number of carbonyl (C=O) groups excluding carboxylic acids is 1. The first-order valence-electron chi connectivity index (χ1n) is 5.06. The Morgan fingerprint density at radius 1 is 1.44 bits per heavy atom. The van der Waals surface area contributed by atoms with E-state index in [9.17, 15) is 13.6 Å². The van der Waals surface area contributed by atoms with Crippen molar-refractivity contribution in [3.63, 3.8) is 0 Å². The molecule has 0 saturated heterocycles. The molecule has 1 rings (SSSR count). The van der Waals surface area contributed by atoms with Gasteiger partial charge in [-0.25, -0.2) is 8.78 Å². The minimum absolute atomic E-state index is 0.445. The molecule has 1 aromatic carbocycles. The zero-order valence-corrected chi connectivity index (χ0v) is 8.97. The van der Waals surface area contributed by atoms with Gasteiger partial charge in [-0.05, 0) is 18.6 Å². The van der Waals surface area contributed by atoms with Gasteiger partial charge in [-0.15, -0.1) is 0 Å². The summed E-state index contributed by atoms with van der Waals surface area (Å²) in [7, 11) is 0. The zero-order valence-electron chi connectivity index (χ0n) is 8.97. The number of benzene rings is 1. The van der Waals surface area contributed by atoms with E-state index >= 15 is 0 Å². The van der Waals surface area contributed by atoms with Gasteiger partial charge in [0.05, 0.1) is 6.04 Å². The molecular formula is C11H14F2N2O. The molecule has 1 amide bonds. The summed E-state index contributed by atoms with van der Waals surface area (Å²) >= 11 is 0. The molecule has 0 spiro atoms. The number of hydrogen-bond donors (Lipinski definition) is 2. The number of nitrogens with one attached hydrogen (secondary N) is 1. The summed E-state index contributed by atoms with van der Waals surface area (Å²) in [5, 5.41) is 2.15. The van der Waals surface area contributed by atoms with Crippen molar-refractivity contribution < 1.29 is 13.6 Å². The van der Waals surface area contributed by atoms with Gasteiger partial charge in [-0.1, -0.05) is 19.4 Å². The molecule has 0 saturated carbocycles. The Balaban J connectivity index is 2.77. The highest BCUT2D eigenvalue weighted by Gasteiger charge is 2.16. The minimum atomic E-state index is -0.808. The van der Waals surface area contributed by atoms with Crippen LogP contribution in [0.4, 0.5) is 14.5 Å². The van der Waals surface area contributed by atoms with E-state index in [1.807, 2.05) is 6.92 Å². The van der Waals surface area contributed by atoms with Crippen LogP contribution >= 0.6 is 0 Å². The normalized spacial score (nSPS) is 12.2. The molecule has 3 nitrogen and oxygen atoms in total. The quantitative estimate of drug-likeness (QED) is 0.828. The van der Waals surface area contributed by atoms with Crippen LogP contribution < -0.4 is 11.1 Å². The third-order valence-electron chi connectivity index (χ3n) is 2.15. The van der Waals surface area contributed by atoms with E-state index in [4.69, 9.17) is 5.73 Å². The zero-order chi connectivity index (χ0) is 12.1. The fourth-order valence-electron chi connectivity index (χ4n) is 1.28. The first-order valence-corrected chi connectivity index (χ1v) is 5.06. The molecule has 1 aromatic rings. The van der Waals surface area contributed by atoms with Gasteiger partial charge in [-0.2, -0.15) is 0 Å². The molecule has 0 aliphatic rings. The second kappa shape index (κ2) is 5.55. The van der Waals surface area contributed by atoms with Crippen molar-refractivity contribution in [2.24, 2.45) is 5.73 Å². The van der Waals surface area contributed by atoms with Crippen molar-refractivity contribution in [3.05, 3.63) is 29.8 Å². The van der Waals surface area contributed by atoms with Crippen LogP contribution in [0.15, 0.2) is 18.2 Å². The molecule has 16 heavy (non-hydrogen) atoms. The molecule has 0 aliphatic heterocycles. The van der Waals surface area contributed by atoms with Crippen molar-refractivity contribution in [3.8, 4) is 0 Å². The van der Waals surface area contributed by atoms with E-state index in [0.29, 0.717) is 6.42 Å². The van der Waals surface area contributed by atoms with E-state index in [1.165, 1.54) is 6.07 Å². The van der Waals surface area contributed by atoms with E-state index in [0.717, 1.165) is 18.6 Å². The van der Waals surface area contributed by atoms with Gasteiger partial charge < -0.3 is 11.1 Å². The molecule has 3 N–H and O–H groups in total. The predicted octanol–water partition coefficient (Wildman–Crippen LogP) is 2.03. The Morgan fingerprint density at radius 3 is 2.50 bits per heavy atom. The fourth-order valence-corrected chi connectivity index (χ4v) is 1.28. The number of rotatable bonds is 4. The summed E-state index contributed by atoms with van der Waals surface area (Å²) < 4.78 is 26.3. The van der Waals surface area contributed by atoms with Crippen LogP contribution in [0.3, 0.4) is 0 Å². The Kier molecular flexibility index (Phi) is 4.37. The van der Waals surface area contributed by atoms with Crippen LogP contribution in [0.25, 0.3) is 0 Å². The molecule has 0 radical (unpaired) electrons. The molecule has 0 heterocycles. The van der Waals surface area contributed by atoms with Crippen LogP contribution in [-0.4, -0.2) is 11.9 Å². The summed E-state index contributed by atoms with van der Waals surface area (Å²) in [6, 6.07) is 2.63. The highest BCUT2D eigenvalue weighted by molar-refractivity contribution is 5.94. The van der Waals surface area contributed by atoms with Crippen LogP contribution in [0.2, 0.25) is 0 Å². The number of hydrogen-bond acceptors (Lipinski definition) is 2. The smallest absolute Gasteiger partial charge is 0.241 e. The lowest BCUT2D eigenvalue weighted by atomic mass is 10.1. The largest absolute Gasteiger partial charge is 0.320 e. The molecule has 0 aromatic heterocycles. The maximum atomic E-state index is 13.2. The van der Waals surface area contributed by atoms with E-state index in [1.54, 1.807) is 0 Å². The van der Waals surface area contributed by atoms with Crippen molar-refractivity contribution >= 4 is 11.6 Å². The summed E-state index contributed by atoms with van der Waals surface area (Å²) in [5.74, 6) is -2.19. The number of halogens is 2. The highest BCUT2D eigenvalue weighted by Crippen LogP contribution is 2.18. The lowest BCUT2D eigenvalue weighted by molar-refractivity contribution is -0.117. The average Bonchev–Trinajstić information content (AvgIpc) is 2.23. The van der Waals surface area contributed by atoms with Gasteiger partial charge in [0.25, 0.3) is 0 Å². The van der Waals surface area contributed by atoms with E-state index in [-0.39, 0.29) is 0 Å². The van der Waals surface area contributed by atoms with Crippen molar-refractivity contribution in [1.82, 2.24) is 0 Å². The lowest BCUT2D eigenvalue weighted by Crippen LogP contribution is -2.35. The Morgan fingerprint density at radius 2 is 2.00 bits per heavy atom. The highest BCUT2D eigenvalue weighted by atomic mass is 19.1. The molecule has 0 fully saturated rings. The molecule has 1 unspecified atom stereocenters. The monoisotopic (exact) mass is 228 g/mol. The average molecular weight is 228 g/mol. The number of carbonyl (C=O) groups is 1. The maximum Gasteiger partial charge on any atom is 0.241 e. The molecular weight excluding hydrogens is 214 g/mol. The standard InChI is InChI=1S/C11H14F2N2O/c1-2-4-9(14)11(16)15-10-7(12)5-3-6-8(10)13/h3,5-6,9H,2,4,14H2,1H3,(H,15,16). The lowest BCUT2D eigenvalue weighted by Gasteiger charge is -2.12. The van der Waals surface area contributed by atoms with Gasteiger partial charge >= 0.3 is 0 Å². The van der Waals surface area contributed by atoms with Crippen molar-refractivity contribution in [2.45, 2.75) is 25.8 Å². The SMILES string of the molecule is CCCC(N)C(=O)Nc1c(F)cccc1F. The van der Waals surface area contributed by atoms with Crippen LogP contribution in [-0.2, 0) is 4.79 Å². The van der Waals surface area contributed by atoms with Crippen LogP contribution in [0, 0.1) is 11.6 Å². The summed E-state index contributed by atoms with van der Waals surface area (Å²) in [6.45, 7) is 1.87. The Hall–Kier alpha value is -1.49. The third-order valence-corrected chi connectivity index (χ3v) is 2.15. The third kappa shape index (κ3) is 3.00. The number of para-hydroxylation sites is 1. The second-order valence-electron chi connectivity index (χ2n) is 3.48.